The molecule has 0 fully saturated rings. The van der Waals surface area contributed by atoms with E-state index in [-0.39, 0.29) is 0 Å². The summed E-state index contributed by atoms with van der Waals surface area (Å²) in [5.74, 6) is 1.82. The Kier molecular flexibility index (Phi) is 7.43. The third-order valence-corrected chi connectivity index (χ3v) is 9.96. The first kappa shape index (κ1) is 30.6. The van der Waals surface area contributed by atoms with Crippen LogP contribution in [0.2, 0.25) is 0 Å². The quantitative estimate of drug-likeness (QED) is 0.176. The summed E-state index contributed by atoms with van der Waals surface area (Å²) in [5.41, 5.74) is 11.2. The Hall–Kier alpha value is -7.17. The maximum absolute atomic E-state index is 6.53. The van der Waals surface area contributed by atoms with E-state index in [0.717, 1.165) is 66.3 Å². The highest BCUT2D eigenvalue weighted by atomic mass is 16.3. The standard InChI is InChI=1S/C49H31N3O/c1-3-11-32(12-4-1)35-21-26-37(27-22-35)41-17-9-19-43-45(41)46-42(18-10-20-44(46)53-43)49-51-47(38-28-23-36(24-29-38)33-13-5-2-6-14-33)50-48(52-49)40-30-25-34-15-7-8-16-39(34)31-40/h1-31H. The summed E-state index contributed by atoms with van der Waals surface area (Å²) in [6, 6.07) is 65.2. The van der Waals surface area contributed by atoms with Crippen molar-refractivity contribution in [1.82, 2.24) is 15.0 Å². The minimum atomic E-state index is 0.591. The molecule has 0 unspecified atom stereocenters. The Morgan fingerprint density at radius 3 is 1.38 bits per heavy atom. The van der Waals surface area contributed by atoms with E-state index in [4.69, 9.17) is 19.4 Å². The second-order valence-electron chi connectivity index (χ2n) is 13.2. The van der Waals surface area contributed by atoms with Gasteiger partial charge in [-0.05, 0) is 62.4 Å². The Bertz CT molecular complexity index is 2910. The van der Waals surface area contributed by atoms with E-state index in [2.05, 4.69) is 158 Å². The maximum Gasteiger partial charge on any atom is 0.164 e. The minimum absolute atomic E-state index is 0.591. The van der Waals surface area contributed by atoms with E-state index in [1.807, 2.05) is 30.3 Å². The van der Waals surface area contributed by atoms with Crippen molar-refractivity contribution in [3.05, 3.63) is 188 Å². The molecule has 10 aromatic rings. The van der Waals surface area contributed by atoms with Crippen molar-refractivity contribution >= 4 is 32.7 Å². The van der Waals surface area contributed by atoms with Gasteiger partial charge in [-0.1, -0.05) is 170 Å². The van der Waals surface area contributed by atoms with Gasteiger partial charge in [-0.3, -0.25) is 0 Å². The molecular formula is C49H31N3O. The lowest BCUT2D eigenvalue weighted by Crippen LogP contribution is -2.00. The van der Waals surface area contributed by atoms with Gasteiger partial charge < -0.3 is 4.42 Å². The second kappa shape index (κ2) is 12.9. The molecule has 0 bridgehead atoms. The van der Waals surface area contributed by atoms with Gasteiger partial charge in [0.25, 0.3) is 0 Å². The number of hydrogen-bond acceptors (Lipinski definition) is 4. The molecule has 53 heavy (non-hydrogen) atoms. The van der Waals surface area contributed by atoms with Gasteiger partial charge in [0, 0.05) is 27.5 Å². The fraction of sp³-hybridized carbons (Fsp3) is 0. The lowest BCUT2D eigenvalue weighted by molar-refractivity contribution is 0.669. The molecule has 2 heterocycles. The predicted molar refractivity (Wildman–Crippen MR) is 217 cm³/mol. The van der Waals surface area contributed by atoms with Crippen LogP contribution < -0.4 is 0 Å². The lowest BCUT2D eigenvalue weighted by Gasteiger charge is -2.11. The molecule has 0 saturated heterocycles. The van der Waals surface area contributed by atoms with Gasteiger partial charge in [0.15, 0.2) is 17.5 Å². The van der Waals surface area contributed by atoms with Crippen LogP contribution in [0.4, 0.5) is 0 Å². The highest BCUT2D eigenvalue weighted by Gasteiger charge is 2.20. The molecule has 8 aromatic carbocycles. The summed E-state index contributed by atoms with van der Waals surface area (Å²) in [6.45, 7) is 0. The molecule has 0 aliphatic carbocycles. The van der Waals surface area contributed by atoms with Gasteiger partial charge >= 0.3 is 0 Å². The number of benzene rings is 8. The smallest absolute Gasteiger partial charge is 0.164 e. The number of aromatic nitrogens is 3. The third-order valence-electron chi connectivity index (χ3n) is 9.96. The summed E-state index contributed by atoms with van der Waals surface area (Å²) >= 11 is 0. The van der Waals surface area contributed by atoms with Crippen molar-refractivity contribution in [3.63, 3.8) is 0 Å². The zero-order valence-corrected chi connectivity index (χ0v) is 28.6. The van der Waals surface area contributed by atoms with Gasteiger partial charge in [-0.15, -0.1) is 0 Å². The molecule has 0 saturated carbocycles. The van der Waals surface area contributed by atoms with Crippen molar-refractivity contribution in [2.45, 2.75) is 0 Å². The Morgan fingerprint density at radius 2 is 0.736 bits per heavy atom. The molecule has 248 valence electrons. The topological polar surface area (TPSA) is 51.8 Å². The zero-order valence-electron chi connectivity index (χ0n) is 28.6. The first-order valence-electron chi connectivity index (χ1n) is 17.8. The Balaban J connectivity index is 1.16. The van der Waals surface area contributed by atoms with Crippen LogP contribution in [0.25, 0.3) is 100 Å². The molecule has 4 nitrogen and oxygen atoms in total. The predicted octanol–water partition coefficient (Wildman–Crippen LogP) is 12.9. The van der Waals surface area contributed by atoms with E-state index >= 15 is 0 Å². The van der Waals surface area contributed by atoms with Crippen molar-refractivity contribution in [2.24, 2.45) is 0 Å². The molecule has 4 heteroatoms. The summed E-state index contributed by atoms with van der Waals surface area (Å²) in [6.07, 6.45) is 0. The highest BCUT2D eigenvalue weighted by Crippen LogP contribution is 2.42. The number of nitrogens with zero attached hydrogens (tertiary/aromatic N) is 3. The molecular weight excluding hydrogens is 647 g/mol. The summed E-state index contributed by atoms with van der Waals surface area (Å²) in [5, 5.41) is 4.31. The first-order chi connectivity index (χ1) is 26.2. The summed E-state index contributed by atoms with van der Waals surface area (Å²) in [7, 11) is 0. The van der Waals surface area contributed by atoms with E-state index in [1.54, 1.807) is 0 Å². The second-order valence-corrected chi connectivity index (χ2v) is 13.2. The zero-order chi connectivity index (χ0) is 35.1. The Labute approximate surface area is 306 Å². The fourth-order valence-electron chi connectivity index (χ4n) is 7.29. The molecule has 0 spiro atoms. The number of furan rings is 1. The average molecular weight is 678 g/mol. The minimum Gasteiger partial charge on any atom is -0.456 e. The van der Waals surface area contributed by atoms with Crippen molar-refractivity contribution in [2.75, 3.05) is 0 Å². The number of rotatable bonds is 6. The SMILES string of the molecule is c1ccc(-c2ccc(-c3nc(-c4ccc5ccccc5c4)nc(-c4cccc5oc6cccc(-c7ccc(-c8ccccc8)cc7)c6c45)n3)cc2)cc1. The Morgan fingerprint density at radius 1 is 0.283 bits per heavy atom. The molecule has 10 rings (SSSR count). The van der Waals surface area contributed by atoms with Crippen LogP contribution in [-0.2, 0) is 0 Å². The summed E-state index contributed by atoms with van der Waals surface area (Å²) in [4.78, 5) is 15.5. The van der Waals surface area contributed by atoms with Gasteiger partial charge in [0.05, 0.1) is 0 Å². The largest absolute Gasteiger partial charge is 0.456 e. The molecule has 2 aromatic heterocycles. The van der Waals surface area contributed by atoms with E-state index in [9.17, 15) is 0 Å². The van der Waals surface area contributed by atoms with Crippen LogP contribution in [0.3, 0.4) is 0 Å². The monoisotopic (exact) mass is 677 g/mol. The van der Waals surface area contributed by atoms with Gasteiger partial charge in [-0.2, -0.15) is 0 Å². The van der Waals surface area contributed by atoms with Crippen LogP contribution in [0.1, 0.15) is 0 Å². The van der Waals surface area contributed by atoms with Crippen LogP contribution >= 0.6 is 0 Å². The average Bonchev–Trinajstić information content (AvgIpc) is 3.63. The number of fused-ring (bicyclic) bond motifs is 4. The molecule has 0 N–H and O–H groups in total. The lowest BCUT2D eigenvalue weighted by atomic mass is 9.95. The molecule has 0 atom stereocenters. The van der Waals surface area contributed by atoms with Crippen LogP contribution in [-0.4, -0.2) is 15.0 Å². The molecule has 0 amide bonds. The fourth-order valence-corrected chi connectivity index (χ4v) is 7.29. The van der Waals surface area contributed by atoms with Gasteiger partial charge in [0.2, 0.25) is 0 Å². The van der Waals surface area contributed by atoms with Crippen LogP contribution in [0.5, 0.6) is 0 Å². The molecule has 0 aliphatic heterocycles. The maximum atomic E-state index is 6.53. The van der Waals surface area contributed by atoms with Crippen LogP contribution in [0, 0.1) is 0 Å². The molecule has 0 aliphatic rings. The van der Waals surface area contributed by atoms with E-state index < -0.39 is 0 Å². The van der Waals surface area contributed by atoms with Crippen molar-refractivity contribution < 1.29 is 4.42 Å². The van der Waals surface area contributed by atoms with Crippen molar-refractivity contribution in [1.29, 1.82) is 0 Å². The van der Waals surface area contributed by atoms with Crippen molar-refractivity contribution in [3.8, 4) is 67.5 Å². The first-order valence-corrected chi connectivity index (χ1v) is 17.8. The van der Waals surface area contributed by atoms with E-state index in [0.29, 0.717) is 17.5 Å². The summed E-state index contributed by atoms with van der Waals surface area (Å²) < 4.78 is 6.53. The van der Waals surface area contributed by atoms with E-state index in [1.165, 1.54) is 16.5 Å². The normalized spacial score (nSPS) is 11.4. The molecule has 0 radical (unpaired) electrons. The van der Waals surface area contributed by atoms with Crippen LogP contribution in [0.15, 0.2) is 192 Å². The third kappa shape index (κ3) is 5.63. The van der Waals surface area contributed by atoms with Gasteiger partial charge in [-0.25, -0.2) is 15.0 Å². The highest BCUT2D eigenvalue weighted by molar-refractivity contribution is 6.17. The van der Waals surface area contributed by atoms with Gasteiger partial charge in [0.1, 0.15) is 11.2 Å². The number of hydrogen-bond donors (Lipinski definition) is 0.